The summed E-state index contributed by atoms with van der Waals surface area (Å²) in [5.74, 6) is -0.198. The molecule has 0 radical (unpaired) electrons. The van der Waals surface area contributed by atoms with Gasteiger partial charge in [0.05, 0.1) is 6.21 Å². The number of benzene rings is 2. The number of rotatable bonds is 9. The first-order valence-electron chi connectivity index (χ1n) is 9.51. The number of nitrogens with zero attached hydrogens (tertiary/aromatic N) is 2. The van der Waals surface area contributed by atoms with Crippen molar-refractivity contribution in [3.8, 4) is 0 Å². The van der Waals surface area contributed by atoms with Gasteiger partial charge in [0.15, 0.2) is 0 Å². The Kier molecular flexibility index (Phi) is 7.55. The summed E-state index contributed by atoms with van der Waals surface area (Å²) in [5, 5.41) is 3.87. The molecule has 146 valence electrons. The molecule has 1 atom stereocenters. The first-order chi connectivity index (χ1) is 12.9. The minimum Gasteiger partial charge on any atom is -0.399 e. The highest BCUT2D eigenvalue weighted by molar-refractivity contribution is 5.79. The van der Waals surface area contributed by atoms with Gasteiger partial charge in [-0.1, -0.05) is 43.3 Å². The molecular formula is C23H31FN2O. The predicted octanol–water partition coefficient (Wildman–Crippen LogP) is 5.02. The van der Waals surface area contributed by atoms with Crippen LogP contribution < -0.4 is 0 Å². The van der Waals surface area contributed by atoms with E-state index in [1.807, 2.05) is 12.1 Å². The molecule has 4 heteroatoms. The molecule has 0 amide bonds. The molecule has 3 nitrogen and oxygen atoms in total. The van der Waals surface area contributed by atoms with Gasteiger partial charge in [0.1, 0.15) is 12.9 Å². The molecule has 0 heterocycles. The van der Waals surface area contributed by atoms with E-state index in [0.717, 1.165) is 36.9 Å². The van der Waals surface area contributed by atoms with E-state index in [0.29, 0.717) is 0 Å². The third-order valence-electron chi connectivity index (χ3n) is 5.18. The maximum absolute atomic E-state index is 13.5. The van der Waals surface area contributed by atoms with E-state index in [-0.39, 0.29) is 11.2 Å². The SMILES string of the molecule is CCc1cc(/C=N/OC)ccc1C(C)(CCCN(C)C)c1ccc(F)cc1. The highest BCUT2D eigenvalue weighted by atomic mass is 19.1. The highest BCUT2D eigenvalue weighted by Gasteiger charge is 2.30. The van der Waals surface area contributed by atoms with Crippen LogP contribution in [0.15, 0.2) is 47.6 Å². The summed E-state index contributed by atoms with van der Waals surface area (Å²) in [6.45, 7) is 5.46. The summed E-state index contributed by atoms with van der Waals surface area (Å²) in [5.41, 5.74) is 4.57. The molecule has 0 saturated heterocycles. The van der Waals surface area contributed by atoms with Crippen LogP contribution in [0.25, 0.3) is 0 Å². The van der Waals surface area contributed by atoms with Crippen LogP contribution in [-0.2, 0) is 16.7 Å². The van der Waals surface area contributed by atoms with Crippen LogP contribution >= 0.6 is 0 Å². The quantitative estimate of drug-likeness (QED) is 0.457. The van der Waals surface area contributed by atoms with Crippen molar-refractivity contribution in [2.45, 2.75) is 38.5 Å². The predicted molar refractivity (Wildman–Crippen MR) is 111 cm³/mol. The molecule has 2 aromatic carbocycles. The van der Waals surface area contributed by atoms with Crippen molar-refractivity contribution < 1.29 is 9.23 Å². The average Bonchev–Trinajstić information content (AvgIpc) is 2.66. The van der Waals surface area contributed by atoms with Crippen molar-refractivity contribution in [2.24, 2.45) is 5.16 Å². The van der Waals surface area contributed by atoms with E-state index in [4.69, 9.17) is 4.84 Å². The summed E-state index contributed by atoms with van der Waals surface area (Å²) < 4.78 is 13.5. The van der Waals surface area contributed by atoms with Crippen LogP contribution in [-0.4, -0.2) is 38.9 Å². The van der Waals surface area contributed by atoms with E-state index >= 15 is 0 Å². The van der Waals surface area contributed by atoms with Gasteiger partial charge in [-0.15, -0.1) is 0 Å². The molecule has 0 fully saturated rings. The zero-order valence-electron chi connectivity index (χ0n) is 17.1. The third-order valence-corrected chi connectivity index (χ3v) is 5.18. The minimum atomic E-state index is -0.198. The fraction of sp³-hybridized carbons (Fsp3) is 0.435. The molecule has 2 aromatic rings. The van der Waals surface area contributed by atoms with E-state index in [2.05, 4.69) is 56.2 Å². The van der Waals surface area contributed by atoms with Crippen LogP contribution in [0.4, 0.5) is 4.39 Å². The van der Waals surface area contributed by atoms with Crippen molar-refractivity contribution in [1.82, 2.24) is 4.90 Å². The zero-order chi connectivity index (χ0) is 19.9. The summed E-state index contributed by atoms with van der Waals surface area (Å²) >= 11 is 0. The number of aryl methyl sites for hydroxylation is 1. The molecule has 0 aromatic heterocycles. The van der Waals surface area contributed by atoms with Gasteiger partial charge in [0.2, 0.25) is 0 Å². The van der Waals surface area contributed by atoms with Crippen molar-refractivity contribution in [2.75, 3.05) is 27.7 Å². The average molecular weight is 371 g/mol. The molecule has 1 unspecified atom stereocenters. The van der Waals surface area contributed by atoms with Gasteiger partial charge >= 0.3 is 0 Å². The van der Waals surface area contributed by atoms with E-state index in [1.54, 1.807) is 25.5 Å². The molecule has 0 aliphatic rings. The zero-order valence-corrected chi connectivity index (χ0v) is 17.1. The van der Waals surface area contributed by atoms with Crippen molar-refractivity contribution in [3.63, 3.8) is 0 Å². The van der Waals surface area contributed by atoms with Gasteiger partial charge in [-0.05, 0) is 80.4 Å². The Morgan fingerprint density at radius 2 is 1.85 bits per heavy atom. The lowest BCUT2D eigenvalue weighted by molar-refractivity contribution is 0.215. The Morgan fingerprint density at radius 1 is 1.15 bits per heavy atom. The number of hydrogen-bond donors (Lipinski definition) is 0. The fourth-order valence-electron chi connectivity index (χ4n) is 3.64. The number of oxime groups is 1. The van der Waals surface area contributed by atoms with Gasteiger partial charge in [0.25, 0.3) is 0 Å². The molecule has 0 aliphatic heterocycles. The van der Waals surface area contributed by atoms with Crippen molar-refractivity contribution >= 4 is 6.21 Å². The monoisotopic (exact) mass is 370 g/mol. The lowest BCUT2D eigenvalue weighted by atomic mass is 9.71. The maximum Gasteiger partial charge on any atom is 0.123 e. The lowest BCUT2D eigenvalue weighted by Gasteiger charge is -2.34. The van der Waals surface area contributed by atoms with Gasteiger partial charge < -0.3 is 9.74 Å². The smallest absolute Gasteiger partial charge is 0.123 e. The second-order valence-corrected chi connectivity index (χ2v) is 7.43. The number of halogens is 1. The Bertz CT molecular complexity index is 755. The standard InChI is InChI=1S/C23H31FN2O/c1-6-19-16-18(17-25-27-5)8-13-22(19)23(2,14-7-15-26(3)4)20-9-11-21(24)12-10-20/h8-13,16-17H,6-7,14-15H2,1-5H3/b25-17+. The Morgan fingerprint density at radius 3 is 2.44 bits per heavy atom. The van der Waals surface area contributed by atoms with E-state index in [9.17, 15) is 4.39 Å². The molecule has 0 aliphatic carbocycles. The topological polar surface area (TPSA) is 24.8 Å². The summed E-state index contributed by atoms with van der Waals surface area (Å²) in [6.07, 6.45) is 4.71. The van der Waals surface area contributed by atoms with E-state index in [1.165, 1.54) is 11.1 Å². The van der Waals surface area contributed by atoms with E-state index < -0.39 is 0 Å². The molecule has 0 saturated carbocycles. The Balaban J connectivity index is 2.48. The first kappa shape index (κ1) is 21.1. The van der Waals surface area contributed by atoms with Crippen LogP contribution in [0, 0.1) is 5.82 Å². The third kappa shape index (κ3) is 5.39. The number of hydrogen-bond acceptors (Lipinski definition) is 3. The van der Waals surface area contributed by atoms with Crippen LogP contribution in [0.3, 0.4) is 0 Å². The molecule has 0 N–H and O–H groups in total. The van der Waals surface area contributed by atoms with Crippen LogP contribution in [0.1, 0.15) is 48.9 Å². The molecule has 2 rings (SSSR count). The van der Waals surface area contributed by atoms with Gasteiger partial charge in [-0.25, -0.2) is 4.39 Å². The first-order valence-corrected chi connectivity index (χ1v) is 9.51. The van der Waals surface area contributed by atoms with Crippen molar-refractivity contribution in [3.05, 3.63) is 70.5 Å². The summed E-state index contributed by atoms with van der Waals surface area (Å²) in [4.78, 5) is 7.01. The fourth-order valence-corrected chi connectivity index (χ4v) is 3.64. The molecular weight excluding hydrogens is 339 g/mol. The lowest BCUT2D eigenvalue weighted by Crippen LogP contribution is -2.27. The second-order valence-electron chi connectivity index (χ2n) is 7.43. The Labute approximate surface area is 162 Å². The highest BCUT2D eigenvalue weighted by Crippen LogP contribution is 2.39. The van der Waals surface area contributed by atoms with Gasteiger partial charge in [-0.3, -0.25) is 0 Å². The van der Waals surface area contributed by atoms with Crippen molar-refractivity contribution in [1.29, 1.82) is 0 Å². The molecule has 0 bridgehead atoms. The molecule has 27 heavy (non-hydrogen) atoms. The second kappa shape index (κ2) is 9.65. The minimum absolute atomic E-state index is 0.175. The van der Waals surface area contributed by atoms with Gasteiger partial charge in [-0.2, -0.15) is 0 Å². The largest absolute Gasteiger partial charge is 0.399 e. The van der Waals surface area contributed by atoms with Crippen LogP contribution in [0.5, 0.6) is 0 Å². The maximum atomic E-state index is 13.5. The van der Waals surface area contributed by atoms with Gasteiger partial charge in [0, 0.05) is 5.41 Å². The normalized spacial score (nSPS) is 13.9. The Hall–Kier alpha value is -2.20. The summed E-state index contributed by atoms with van der Waals surface area (Å²) in [6, 6.07) is 13.4. The summed E-state index contributed by atoms with van der Waals surface area (Å²) in [7, 11) is 5.73. The van der Waals surface area contributed by atoms with Crippen LogP contribution in [0.2, 0.25) is 0 Å². The molecule has 0 spiro atoms.